The summed E-state index contributed by atoms with van der Waals surface area (Å²) >= 11 is 0. The molecule has 1 saturated heterocycles. The van der Waals surface area contributed by atoms with Crippen molar-refractivity contribution in [2.45, 2.75) is 51.0 Å². The Morgan fingerprint density at radius 3 is 2.30 bits per heavy atom. The number of nitrogens with one attached hydrogen (secondary N) is 2. The van der Waals surface area contributed by atoms with Crippen LogP contribution < -0.4 is 15.5 Å². The second-order valence-corrected chi connectivity index (χ2v) is 7.87. The van der Waals surface area contributed by atoms with Crippen LogP contribution >= 0.6 is 24.0 Å². The second kappa shape index (κ2) is 12.1. The van der Waals surface area contributed by atoms with Gasteiger partial charge in [-0.3, -0.25) is 4.99 Å². The Morgan fingerprint density at radius 1 is 1.07 bits per heavy atom. The molecular weight excluding hydrogens is 485 g/mol. The van der Waals surface area contributed by atoms with Crippen LogP contribution in [0.4, 0.5) is 5.82 Å². The minimum absolute atomic E-state index is 0. The highest BCUT2D eigenvalue weighted by Crippen LogP contribution is 2.30. The molecule has 2 heterocycles. The molecular formula is C24H36IN5. The number of rotatable bonds is 7. The maximum absolute atomic E-state index is 4.49. The fourth-order valence-corrected chi connectivity index (χ4v) is 4.24. The van der Waals surface area contributed by atoms with Crippen molar-refractivity contribution in [3.05, 3.63) is 60.3 Å². The molecule has 2 aromatic rings. The molecule has 0 saturated carbocycles. The molecule has 3 rings (SSSR count). The van der Waals surface area contributed by atoms with E-state index in [-0.39, 0.29) is 29.4 Å². The zero-order valence-electron chi connectivity index (χ0n) is 18.5. The van der Waals surface area contributed by atoms with Gasteiger partial charge in [-0.25, -0.2) is 4.98 Å². The number of pyridine rings is 1. The molecule has 0 bridgehead atoms. The molecule has 5 nitrogen and oxygen atoms in total. The number of hydrogen-bond acceptors (Lipinski definition) is 3. The van der Waals surface area contributed by atoms with Crippen LogP contribution in [0.15, 0.2) is 59.7 Å². The highest BCUT2D eigenvalue weighted by Gasteiger charge is 2.29. The largest absolute Gasteiger partial charge is 0.356 e. The minimum atomic E-state index is 0. The standard InChI is InChI=1S/C24H35N5.HI/c1-4-24(5-2,20-11-7-6-8-12-20)19-27-23(25-3)28-21-14-17-29(18-15-21)22-13-9-10-16-26-22;/h6-13,16,21H,4-5,14-15,17-19H2,1-3H3,(H2,25,27,28);1H. The highest BCUT2D eigenvalue weighted by molar-refractivity contribution is 14.0. The quantitative estimate of drug-likeness (QED) is 0.318. The van der Waals surface area contributed by atoms with Crippen molar-refractivity contribution in [1.29, 1.82) is 0 Å². The van der Waals surface area contributed by atoms with Crippen LogP contribution in [0, 0.1) is 0 Å². The lowest BCUT2D eigenvalue weighted by Gasteiger charge is -2.36. The average molecular weight is 521 g/mol. The molecule has 1 fully saturated rings. The molecule has 2 N–H and O–H groups in total. The molecule has 0 spiro atoms. The van der Waals surface area contributed by atoms with Crippen molar-refractivity contribution in [1.82, 2.24) is 15.6 Å². The number of halogens is 1. The van der Waals surface area contributed by atoms with Gasteiger partial charge >= 0.3 is 0 Å². The van der Waals surface area contributed by atoms with E-state index in [2.05, 4.69) is 81.8 Å². The van der Waals surface area contributed by atoms with Crippen LogP contribution in [0.5, 0.6) is 0 Å². The Labute approximate surface area is 198 Å². The van der Waals surface area contributed by atoms with E-state index in [1.54, 1.807) is 0 Å². The summed E-state index contributed by atoms with van der Waals surface area (Å²) in [5.41, 5.74) is 1.53. The minimum Gasteiger partial charge on any atom is -0.356 e. The van der Waals surface area contributed by atoms with Crippen LogP contribution in [0.1, 0.15) is 45.1 Å². The van der Waals surface area contributed by atoms with E-state index in [0.29, 0.717) is 6.04 Å². The van der Waals surface area contributed by atoms with Gasteiger partial charge < -0.3 is 15.5 Å². The third-order valence-electron chi connectivity index (χ3n) is 6.37. The summed E-state index contributed by atoms with van der Waals surface area (Å²) in [6.45, 7) is 7.48. The summed E-state index contributed by atoms with van der Waals surface area (Å²) in [4.78, 5) is 11.3. The first-order valence-electron chi connectivity index (χ1n) is 10.9. The Hall–Kier alpha value is -1.83. The summed E-state index contributed by atoms with van der Waals surface area (Å²) in [5, 5.41) is 7.26. The number of guanidine groups is 1. The predicted molar refractivity (Wildman–Crippen MR) is 138 cm³/mol. The Morgan fingerprint density at radius 2 is 1.73 bits per heavy atom. The van der Waals surface area contributed by atoms with Gasteiger partial charge in [0.25, 0.3) is 0 Å². The number of anilines is 1. The van der Waals surface area contributed by atoms with Gasteiger partial charge in [0, 0.05) is 44.3 Å². The van der Waals surface area contributed by atoms with E-state index in [1.807, 2.05) is 19.3 Å². The van der Waals surface area contributed by atoms with Crippen LogP contribution in [0.2, 0.25) is 0 Å². The average Bonchev–Trinajstić information content (AvgIpc) is 2.81. The van der Waals surface area contributed by atoms with Crippen molar-refractivity contribution < 1.29 is 0 Å². The van der Waals surface area contributed by atoms with Gasteiger partial charge in [-0.15, -0.1) is 24.0 Å². The van der Waals surface area contributed by atoms with Gasteiger partial charge in [0.15, 0.2) is 5.96 Å². The van der Waals surface area contributed by atoms with Crippen LogP contribution in [-0.2, 0) is 5.41 Å². The van der Waals surface area contributed by atoms with Crippen molar-refractivity contribution in [3.63, 3.8) is 0 Å². The van der Waals surface area contributed by atoms with E-state index in [1.165, 1.54) is 5.56 Å². The molecule has 6 heteroatoms. The first-order chi connectivity index (χ1) is 14.2. The molecule has 1 aliphatic rings. The topological polar surface area (TPSA) is 52.6 Å². The van der Waals surface area contributed by atoms with Crippen LogP contribution in [0.25, 0.3) is 0 Å². The third kappa shape index (κ3) is 6.09. The molecule has 0 unspecified atom stereocenters. The van der Waals surface area contributed by atoms with Crippen molar-refractivity contribution in [2.75, 3.05) is 31.6 Å². The van der Waals surface area contributed by atoms with Gasteiger partial charge in [-0.05, 0) is 43.4 Å². The summed E-state index contributed by atoms with van der Waals surface area (Å²) in [5.74, 6) is 1.98. The lowest BCUT2D eigenvalue weighted by atomic mass is 9.76. The van der Waals surface area contributed by atoms with E-state index >= 15 is 0 Å². The molecule has 30 heavy (non-hydrogen) atoms. The van der Waals surface area contributed by atoms with E-state index < -0.39 is 0 Å². The number of benzene rings is 1. The lowest BCUT2D eigenvalue weighted by molar-refractivity contribution is 0.386. The zero-order chi connectivity index (χ0) is 20.5. The smallest absolute Gasteiger partial charge is 0.191 e. The summed E-state index contributed by atoms with van der Waals surface area (Å²) in [6.07, 6.45) is 6.23. The zero-order valence-corrected chi connectivity index (χ0v) is 20.8. The third-order valence-corrected chi connectivity index (χ3v) is 6.37. The number of aromatic nitrogens is 1. The number of piperidine rings is 1. The molecule has 164 valence electrons. The second-order valence-electron chi connectivity index (χ2n) is 7.87. The molecule has 0 amide bonds. The van der Waals surface area contributed by atoms with Crippen LogP contribution in [-0.4, -0.2) is 43.7 Å². The van der Waals surface area contributed by atoms with Gasteiger partial charge in [0.1, 0.15) is 5.82 Å². The van der Waals surface area contributed by atoms with Crippen molar-refractivity contribution >= 4 is 35.8 Å². The maximum atomic E-state index is 4.49. The molecule has 1 aromatic heterocycles. The van der Waals surface area contributed by atoms with Crippen LogP contribution in [0.3, 0.4) is 0 Å². The van der Waals surface area contributed by atoms with Gasteiger partial charge in [-0.1, -0.05) is 50.2 Å². The maximum Gasteiger partial charge on any atom is 0.191 e. The summed E-state index contributed by atoms with van der Waals surface area (Å²) < 4.78 is 0. The molecule has 0 radical (unpaired) electrons. The Bertz CT molecular complexity index is 754. The molecule has 1 aliphatic heterocycles. The van der Waals surface area contributed by atoms with E-state index in [4.69, 9.17) is 0 Å². The molecule has 1 aromatic carbocycles. The van der Waals surface area contributed by atoms with E-state index in [9.17, 15) is 0 Å². The van der Waals surface area contributed by atoms with Crippen molar-refractivity contribution in [3.8, 4) is 0 Å². The highest BCUT2D eigenvalue weighted by atomic mass is 127. The summed E-state index contributed by atoms with van der Waals surface area (Å²) in [6, 6.07) is 17.4. The monoisotopic (exact) mass is 521 g/mol. The SMILES string of the molecule is CCC(CC)(CNC(=NC)NC1CCN(c2ccccn2)CC1)c1ccccc1.I. The predicted octanol–water partition coefficient (Wildman–Crippen LogP) is 4.59. The summed E-state index contributed by atoms with van der Waals surface area (Å²) in [7, 11) is 1.86. The first kappa shape index (κ1) is 24.4. The number of aliphatic imine (C=N–C) groups is 1. The fourth-order valence-electron chi connectivity index (χ4n) is 4.24. The lowest BCUT2D eigenvalue weighted by Crippen LogP contribution is -2.51. The van der Waals surface area contributed by atoms with Gasteiger partial charge in [-0.2, -0.15) is 0 Å². The van der Waals surface area contributed by atoms with E-state index in [0.717, 1.165) is 57.1 Å². The van der Waals surface area contributed by atoms with Gasteiger partial charge in [0.2, 0.25) is 0 Å². The molecule has 0 atom stereocenters. The van der Waals surface area contributed by atoms with Gasteiger partial charge in [0.05, 0.1) is 0 Å². The number of nitrogens with zero attached hydrogens (tertiary/aromatic N) is 3. The Balaban J connectivity index is 0.00000320. The normalized spacial score (nSPS) is 15.4. The first-order valence-corrected chi connectivity index (χ1v) is 10.9. The van der Waals surface area contributed by atoms with Crippen molar-refractivity contribution in [2.24, 2.45) is 4.99 Å². The fraction of sp³-hybridized carbons (Fsp3) is 0.500. The molecule has 0 aliphatic carbocycles. The number of hydrogen-bond donors (Lipinski definition) is 2. The Kier molecular flexibility index (Phi) is 9.88.